The van der Waals surface area contributed by atoms with E-state index in [9.17, 15) is 4.79 Å². The molecule has 1 fully saturated rings. The fourth-order valence-corrected chi connectivity index (χ4v) is 2.09. The molecule has 0 saturated carbocycles. The number of carbonyl (C=O) groups is 1. The van der Waals surface area contributed by atoms with Crippen molar-refractivity contribution in [3.05, 3.63) is 24.3 Å². The van der Waals surface area contributed by atoms with E-state index in [1.165, 1.54) is 5.57 Å². The second kappa shape index (κ2) is 5.63. The summed E-state index contributed by atoms with van der Waals surface area (Å²) in [6, 6.07) is 0. The van der Waals surface area contributed by atoms with E-state index in [0.29, 0.717) is 6.42 Å². The lowest BCUT2D eigenvalue weighted by Gasteiger charge is -2.23. The second-order valence-electron chi connectivity index (χ2n) is 5.45. The van der Waals surface area contributed by atoms with Crippen molar-refractivity contribution in [3.8, 4) is 0 Å². The van der Waals surface area contributed by atoms with Gasteiger partial charge in [-0.1, -0.05) is 24.6 Å². The van der Waals surface area contributed by atoms with Crippen molar-refractivity contribution < 1.29 is 9.53 Å². The summed E-state index contributed by atoms with van der Waals surface area (Å²) >= 11 is 0. The van der Waals surface area contributed by atoms with E-state index in [2.05, 4.69) is 6.58 Å². The van der Waals surface area contributed by atoms with Crippen LogP contribution in [0.15, 0.2) is 24.3 Å². The molecule has 0 unspecified atom stereocenters. The first-order chi connectivity index (χ1) is 7.88. The Labute approximate surface area is 105 Å². The Morgan fingerprint density at radius 3 is 2.71 bits per heavy atom. The van der Waals surface area contributed by atoms with Crippen LogP contribution in [0.2, 0.25) is 0 Å². The van der Waals surface area contributed by atoms with Crippen molar-refractivity contribution in [2.75, 3.05) is 0 Å². The Hall–Kier alpha value is -0.890. The average Bonchev–Trinajstić information content (AvgIpc) is 2.68. The fourth-order valence-electron chi connectivity index (χ4n) is 2.09. The maximum Gasteiger partial charge on any atom is 0.142 e. The summed E-state index contributed by atoms with van der Waals surface area (Å²) in [5, 5.41) is 0. The predicted octanol–water partition coefficient (Wildman–Crippen LogP) is 3.67. The monoisotopic (exact) mass is 236 g/mol. The molecular formula is C15H24O2. The van der Waals surface area contributed by atoms with Crippen LogP contribution in [-0.4, -0.2) is 17.5 Å². The Morgan fingerprint density at radius 1 is 1.59 bits per heavy atom. The number of ether oxygens (including phenoxy) is 1. The van der Waals surface area contributed by atoms with Gasteiger partial charge in [0.1, 0.15) is 5.78 Å². The van der Waals surface area contributed by atoms with Crippen molar-refractivity contribution >= 4 is 5.78 Å². The number of hydrogen-bond acceptors (Lipinski definition) is 2. The maximum absolute atomic E-state index is 12.0. The minimum atomic E-state index is -0.240. The molecule has 0 bridgehead atoms. The van der Waals surface area contributed by atoms with Gasteiger partial charge in [0, 0.05) is 12.3 Å². The van der Waals surface area contributed by atoms with Crippen molar-refractivity contribution in [2.24, 2.45) is 5.92 Å². The Balaban J connectivity index is 2.54. The second-order valence-corrected chi connectivity index (χ2v) is 5.45. The van der Waals surface area contributed by atoms with Crippen LogP contribution >= 0.6 is 0 Å². The van der Waals surface area contributed by atoms with Gasteiger partial charge in [0.05, 0.1) is 11.7 Å². The molecule has 96 valence electrons. The first-order valence-corrected chi connectivity index (χ1v) is 6.35. The minimum Gasteiger partial charge on any atom is -0.367 e. The zero-order valence-electron chi connectivity index (χ0n) is 11.5. The van der Waals surface area contributed by atoms with Crippen LogP contribution in [0.5, 0.6) is 0 Å². The standard InChI is InChI=1S/C15H24O2/c1-6-15(5)10-9-14(17-15)12(4)13(16)8-7-11(2)3/h6-7,12,14H,1,8-10H2,2-5H3/t12-,14+,15+/m0/s1. The van der Waals surface area contributed by atoms with Gasteiger partial charge in [0.2, 0.25) is 0 Å². The molecule has 0 amide bonds. The number of hydrogen-bond donors (Lipinski definition) is 0. The molecule has 2 heteroatoms. The SMILES string of the molecule is C=C[C@]1(C)CC[C@H]([C@@H](C)C(=O)CC=C(C)C)O1. The Bertz CT molecular complexity index is 326. The van der Waals surface area contributed by atoms with Gasteiger partial charge >= 0.3 is 0 Å². The van der Waals surface area contributed by atoms with Crippen LogP contribution in [0.4, 0.5) is 0 Å². The van der Waals surface area contributed by atoms with E-state index in [1.54, 1.807) is 0 Å². The Kier molecular flexibility index (Phi) is 4.70. The largest absolute Gasteiger partial charge is 0.367 e. The van der Waals surface area contributed by atoms with Crippen molar-refractivity contribution in [1.82, 2.24) is 0 Å². The highest BCUT2D eigenvalue weighted by Crippen LogP contribution is 2.34. The third kappa shape index (κ3) is 3.81. The molecule has 0 aromatic carbocycles. The van der Waals surface area contributed by atoms with Gasteiger partial charge in [-0.05, 0) is 33.6 Å². The molecule has 0 N–H and O–H groups in total. The molecule has 0 radical (unpaired) electrons. The topological polar surface area (TPSA) is 26.3 Å². The van der Waals surface area contributed by atoms with E-state index >= 15 is 0 Å². The van der Waals surface area contributed by atoms with Crippen LogP contribution in [0.3, 0.4) is 0 Å². The van der Waals surface area contributed by atoms with E-state index < -0.39 is 0 Å². The molecule has 1 aliphatic heterocycles. The van der Waals surface area contributed by atoms with E-state index in [4.69, 9.17) is 4.74 Å². The highest BCUT2D eigenvalue weighted by Gasteiger charge is 2.37. The molecule has 1 rings (SSSR count). The molecule has 1 aliphatic rings. The molecule has 1 saturated heterocycles. The summed E-state index contributed by atoms with van der Waals surface area (Å²) in [5.41, 5.74) is 0.948. The first-order valence-electron chi connectivity index (χ1n) is 6.35. The molecule has 0 aliphatic carbocycles. The zero-order chi connectivity index (χ0) is 13.1. The molecule has 1 heterocycles. The highest BCUT2D eigenvalue weighted by molar-refractivity contribution is 5.82. The van der Waals surface area contributed by atoms with Gasteiger partial charge in [0.15, 0.2) is 0 Å². The third-order valence-corrected chi connectivity index (χ3v) is 3.55. The van der Waals surface area contributed by atoms with Crippen molar-refractivity contribution in [2.45, 2.75) is 58.7 Å². The Morgan fingerprint density at radius 2 is 2.24 bits per heavy atom. The minimum absolute atomic E-state index is 0.0209. The van der Waals surface area contributed by atoms with Crippen LogP contribution in [0.25, 0.3) is 0 Å². The molecule has 3 atom stereocenters. The van der Waals surface area contributed by atoms with Gasteiger partial charge in [-0.15, -0.1) is 6.58 Å². The summed E-state index contributed by atoms with van der Waals surface area (Å²) < 4.78 is 5.93. The van der Waals surface area contributed by atoms with Crippen LogP contribution in [-0.2, 0) is 9.53 Å². The first kappa shape index (κ1) is 14.2. The maximum atomic E-state index is 12.0. The summed E-state index contributed by atoms with van der Waals surface area (Å²) in [6.07, 6.45) is 6.32. The quantitative estimate of drug-likeness (QED) is 0.681. The van der Waals surface area contributed by atoms with Crippen LogP contribution in [0.1, 0.15) is 47.0 Å². The van der Waals surface area contributed by atoms with Gasteiger partial charge in [0.25, 0.3) is 0 Å². The molecule has 0 aromatic heterocycles. The van der Waals surface area contributed by atoms with Gasteiger partial charge in [-0.25, -0.2) is 0 Å². The van der Waals surface area contributed by atoms with E-state index in [1.807, 2.05) is 39.8 Å². The summed E-state index contributed by atoms with van der Waals surface area (Å²) in [7, 11) is 0. The zero-order valence-corrected chi connectivity index (χ0v) is 11.5. The predicted molar refractivity (Wildman–Crippen MR) is 70.9 cm³/mol. The normalized spacial score (nSPS) is 29.8. The molecule has 0 aromatic rings. The summed E-state index contributed by atoms with van der Waals surface area (Å²) in [6.45, 7) is 11.8. The lowest BCUT2D eigenvalue weighted by atomic mass is 9.94. The number of ketones is 1. The molecule has 2 nitrogen and oxygen atoms in total. The third-order valence-electron chi connectivity index (χ3n) is 3.55. The van der Waals surface area contributed by atoms with Crippen molar-refractivity contribution in [3.63, 3.8) is 0 Å². The van der Waals surface area contributed by atoms with Gasteiger partial charge in [-0.3, -0.25) is 4.79 Å². The van der Waals surface area contributed by atoms with E-state index in [0.717, 1.165) is 12.8 Å². The smallest absolute Gasteiger partial charge is 0.142 e. The van der Waals surface area contributed by atoms with Crippen molar-refractivity contribution in [1.29, 1.82) is 0 Å². The highest BCUT2D eigenvalue weighted by atomic mass is 16.5. The average molecular weight is 236 g/mol. The lowest BCUT2D eigenvalue weighted by molar-refractivity contribution is -0.127. The molecular weight excluding hydrogens is 212 g/mol. The van der Waals surface area contributed by atoms with E-state index in [-0.39, 0.29) is 23.4 Å². The fraction of sp³-hybridized carbons (Fsp3) is 0.667. The summed E-state index contributed by atoms with van der Waals surface area (Å²) in [5.74, 6) is 0.247. The summed E-state index contributed by atoms with van der Waals surface area (Å²) in [4.78, 5) is 12.0. The lowest BCUT2D eigenvalue weighted by Crippen LogP contribution is -2.29. The molecule has 0 spiro atoms. The van der Waals surface area contributed by atoms with Gasteiger partial charge < -0.3 is 4.74 Å². The van der Waals surface area contributed by atoms with Crippen LogP contribution < -0.4 is 0 Å². The number of Topliss-reactive ketones (excluding diaryl/α,β-unsaturated/α-hetero) is 1. The number of allylic oxidation sites excluding steroid dienone is 2. The van der Waals surface area contributed by atoms with Crippen LogP contribution in [0, 0.1) is 5.92 Å². The number of rotatable bonds is 5. The van der Waals surface area contributed by atoms with Gasteiger partial charge in [-0.2, -0.15) is 0 Å². The molecule has 17 heavy (non-hydrogen) atoms. The number of carbonyl (C=O) groups excluding carboxylic acids is 1.